The van der Waals surface area contributed by atoms with Crippen LogP contribution in [0.5, 0.6) is 0 Å². The highest BCUT2D eigenvalue weighted by atomic mass is 16.7. The van der Waals surface area contributed by atoms with Gasteiger partial charge in [0.15, 0.2) is 18.3 Å². The molecular weight excluding hydrogens is 804 g/mol. The molecule has 0 aromatic carbocycles. The molecule has 2 aliphatic heterocycles. The maximum atomic E-state index is 14.2. The number of rotatable bonds is 8. The molecule has 2 aromatic rings. The Morgan fingerprint density at radius 1 is 0.787 bits per heavy atom. The van der Waals surface area contributed by atoms with Crippen LogP contribution in [0.3, 0.4) is 0 Å². The van der Waals surface area contributed by atoms with E-state index in [1.165, 1.54) is 56.7 Å². The molecule has 19 heteroatoms. The molecule has 2 aromatic heterocycles. The standard InChI is InChI=1S/C42H48N2O17/c1-20-13-14-29-28(12-10-16-44-29)39(52)54-18-40(8)30-32(60-38(51)27-11-9-15-43-17-27)35(57-25(6)48)41(19-53-22(3)45)36(58-26(7)49)33(55-23(4)46)31(59-37(20)50)21(2)42(41,61-40)34(30)56-24(5)47/h9-12,15-17,20-21,30-36H,13-14,18-19H2,1-8H3/t20?,21-,30-,31-,32-,33+,34+,35-,36+,40-,41-,42-/m1/s1. The summed E-state index contributed by atoms with van der Waals surface area (Å²) >= 11 is 0. The van der Waals surface area contributed by atoms with Crippen LogP contribution in [-0.4, -0.2) is 119 Å². The second-order valence-electron chi connectivity index (χ2n) is 16.0. The summed E-state index contributed by atoms with van der Waals surface area (Å²) in [6.45, 7) is 8.28. The Morgan fingerprint density at radius 3 is 2.02 bits per heavy atom. The molecule has 6 rings (SSSR count). The summed E-state index contributed by atoms with van der Waals surface area (Å²) in [4.78, 5) is 117. The predicted molar refractivity (Wildman–Crippen MR) is 201 cm³/mol. The van der Waals surface area contributed by atoms with Crippen molar-refractivity contribution in [1.29, 1.82) is 0 Å². The number of ether oxygens (including phenoxy) is 9. The number of cyclic esters (lactones) is 1. The third kappa shape index (κ3) is 8.02. The number of aromatic nitrogens is 2. The van der Waals surface area contributed by atoms with E-state index in [1.54, 1.807) is 6.92 Å². The molecule has 2 aliphatic carbocycles. The van der Waals surface area contributed by atoms with Gasteiger partial charge < -0.3 is 42.6 Å². The maximum absolute atomic E-state index is 14.2. The number of nitrogens with zero attached hydrogens (tertiary/aromatic N) is 2. The van der Waals surface area contributed by atoms with Crippen molar-refractivity contribution in [2.24, 2.45) is 23.2 Å². The van der Waals surface area contributed by atoms with Gasteiger partial charge in [-0.15, -0.1) is 0 Å². The normalized spacial score (nSPS) is 34.1. The Hall–Kier alpha value is -5.98. The molecule has 61 heavy (non-hydrogen) atoms. The van der Waals surface area contributed by atoms with Crippen LogP contribution in [0.25, 0.3) is 0 Å². The molecule has 328 valence electrons. The molecular formula is C42H48N2O17. The van der Waals surface area contributed by atoms with Crippen molar-refractivity contribution in [1.82, 2.24) is 9.97 Å². The van der Waals surface area contributed by atoms with E-state index in [0.717, 1.165) is 34.6 Å². The smallest absolute Gasteiger partial charge is 0.340 e. The Morgan fingerprint density at radius 2 is 1.41 bits per heavy atom. The first-order chi connectivity index (χ1) is 28.8. The zero-order valence-electron chi connectivity index (χ0n) is 34.9. The molecule has 19 nitrogen and oxygen atoms in total. The monoisotopic (exact) mass is 852 g/mol. The first kappa shape index (κ1) is 44.6. The molecule has 0 radical (unpaired) electrons. The predicted octanol–water partition coefficient (Wildman–Crippen LogP) is 2.44. The van der Waals surface area contributed by atoms with Crippen LogP contribution < -0.4 is 0 Å². The molecule has 0 N–H and O–H groups in total. The van der Waals surface area contributed by atoms with Gasteiger partial charge >= 0.3 is 47.8 Å². The van der Waals surface area contributed by atoms with E-state index in [-0.39, 0.29) is 24.0 Å². The van der Waals surface area contributed by atoms with Gasteiger partial charge in [0.2, 0.25) is 0 Å². The highest BCUT2D eigenvalue weighted by Crippen LogP contribution is 2.69. The Bertz CT molecular complexity index is 2100. The van der Waals surface area contributed by atoms with E-state index in [9.17, 15) is 38.4 Å². The summed E-state index contributed by atoms with van der Waals surface area (Å²) in [5.74, 6) is -11.1. The average Bonchev–Trinajstić information content (AvgIpc) is 3.41. The Balaban J connectivity index is 1.75. The van der Waals surface area contributed by atoms with Crippen molar-refractivity contribution in [3.8, 4) is 0 Å². The number of aryl methyl sites for hydroxylation is 1. The van der Waals surface area contributed by atoms with Crippen LogP contribution in [0.1, 0.15) is 88.2 Å². The number of carbonyl (C=O) groups excluding carboxylic acids is 8. The topological polar surface area (TPSA) is 245 Å². The van der Waals surface area contributed by atoms with Gasteiger partial charge in [-0.05, 0) is 44.0 Å². The SMILES string of the molecule is CC(=O)OC[C@]12[C@H](OC(C)=O)[C@H](OC(=O)c3cccnc3)[C@@H]3[C@H](OC(C)=O)[C@@]14O[C@]3(C)COC(=O)c1cccnc1CCC(C)C(=O)O[C@@H]([C@H](OC(C)=O)[C@@H]2OC(C)=O)[C@H]4C. The highest BCUT2D eigenvalue weighted by Gasteiger charge is 2.88. The number of fused-ring (bicyclic) bond motifs is 5. The zero-order chi connectivity index (χ0) is 44.6. The van der Waals surface area contributed by atoms with E-state index in [2.05, 4.69) is 9.97 Å². The molecule has 1 unspecified atom stereocenters. The fourth-order valence-corrected chi connectivity index (χ4v) is 9.63. The molecule has 3 fully saturated rings. The third-order valence-electron chi connectivity index (χ3n) is 11.9. The summed E-state index contributed by atoms with van der Waals surface area (Å²) < 4.78 is 56.0. The van der Waals surface area contributed by atoms with E-state index in [0.29, 0.717) is 5.69 Å². The lowest BCUT2D eigenvalue weighted by Crippen LogP contribution is -2.84. The highest BCUT2D eigenvalue weighted by molar-refractivity contribution is 5.91. The zero-order valence-corrected chi connectivity index (χ0v) is 34.9. The van der Waals surface area contributed by atoms with E-state index in [1.807, 2.05) is 0 Å². The van der Waals surface area contributed by atoms with E-state index in [4.69, 9.17) is 42.6 Å². The van der Waals surface area contributed by atoms with Crippen LogP contribution in [0.15, 0.2) is 42.9 Å². The Labute approximate surface area is 350 Å². The second-order valence-corrected chi connectivity index (χ2v) is 16.0. The van der Waals surface area contributed by atoms with Crippen molar-refractivity contribution < 1.29 is 81.0 Å². The van der Waals surface area contributed by atoms with Crippen molar-refractivity contribution in [3.63, 3.8) is 0 Å². The Kier molecular flexibility index (Phi) is 12.6. The molecule has 12 atom stereocenters. The van der Waals surface area contributed by atoms with Crippen molar-refractivity contribution in [2.45, 2.75) is 116 Å². The number of carbonyl (C=O) groups is 8. The van der Waals surface area contributed by atoms with E-state index >= 15 is 0 Å². The minimum Gasteiger partial charge on any atom is -0.465 e. The van der Waals surface area contributed by atoms with Crippen LogP contribution >= 0.6 is 0 Å². The van der Waals surface area contributed by atoms with Gasteiger partial charge in [0.05, 0.1) is 28.7 Å². The largest absolute Gasteiger partial charge is 0.465 e. The average molecular weight is 853 g/mol. The van der Waals surface area contributed by atoms with Crippen LogP contribution in [0, 0.1) is 23.2 Å². The van der Waals surface area contributed by atoms with Crippen molar-refractivity contribution in [2.75, 3.05) is 13.2 Å². The third-order valence-corrected chi connectivity index (χ3v) is 11.9. The fourth-order valence-electron chi connectivity index (χ4n) is 9.63. The molecule has 2 saturated carbocycles. The minimum atomic E-state index is -2.38. The fraction of sp³-hybridized carbons (Fsp3) is 0.571. The minimum absolute atomic E-state index is 0.0655. The van der Waals surface area contributed by atoms with Crippen LogP contribution in [0.4, 0.5) is 0 Å². The van der Waals surface area contributed by atoms with Gasteiger partial charge in [0.25, 0.3) is 0 Å². The summed E-state index contributed by atoms with van der Waals surface area (Å²) in [6.07, 6.45) is -6.36. The summed E-state index contributed by atoms with van der Waals surface area (Å²) in [5.41, 5.74) is -6.28. The maximum Gasteiger partial charge on any atom is 0.340 e. The van der Waals surface area contributed by atoms with Gasteiger partial charge in [0.1, 0.15) is 48.1 Å². The van der Waals surface area contributed by atoms with E-state index < -0.39 is 132 Å². The molecule has 4 aliphatic rings. The van der Waals surface area contributed by atoms with Crippen LogP contribution in [-0.2, 0) is 77.8 Å². The number of pyridine rings is 2. The van der Waals surface area contributed by atoms with Crippen LogP contribution in [0.2, 0.25) is 0 Å². The lowest BCUT2D eigenvalue weighted by atomic mass is 9.46. The van der Waals surface area contributed by atoms with Gasteiger partial charge in [-0.3, -0.25) is 38.7 Å². The van der Waals surface area contributed by atoms with Crippen molar-refractivity contribution >= 4 is 47.8 Å². The summed E-state index contributed by atoms with van der Waals surface area (Å²) in [6, 6.07) is 5.87. The van der Waals surface area contributed by atoms with Gasteiger partial charge in [-0.2, -0.15) is 0 Å². The molecule has 1 saturated heterocycles. The first-order valence-electron chi connectivity index (χ1n) is 19.7. The lowest BCUT2D eigenvalue weighted by Gasteiger charge is -2.65. The molecule has 0 amide bonds. The van der Waals surface area contributed by atoms with Gasteiger partial charge in [0, 0.05) is 59.1 Å². The number of hydrogen-bond donors (Lipinski definition) is 0. The second kappa shape index (κ2) is 17.2. The number of esters is 8. The lowest BCUT2D eigenvalue weighted by molar-refractivity contribution is -0.349. The molecule has 4 heterocycles. The quantitative estimate of drug-likeness (QED) is 0.273. The summed E-state index contributed by atoms with van der Waals surface area (Å²) in [7, 11) is 0. The number of hydrogen-bond acceptors (Lipinski definition) is 19. The van der Waals surface area contributed by atoms with Gasteiger partial charge in [-0.1, -0.05) is 13.8 Å². The van der Waals surface area contributed by atoms with Crippen molar-refractivity contribution in [3.05, 3.63) is 59.7 Å². The molecule has 1 spiro atoms. The summed E-state index contributed by atoms with van der Waals surface area (Å²) in [5, 5.41) is 0. The first-order valence-corrected chi connectivity index (χ1v) is 19.7. The molecule has 4 bridgehead atoms. The van der Waals surface area contributed by atoms with Gasteiger partial charge in [-0.25, -0.2) is 9.59 Å².